The van der Waals surface area contributed by atoms with Gasteiger partial charge in [0.05, 0.1) is 23.4 Å². The Balaban J connectivity index is 1.88. The van der Waals surface area contributed by atoms with E-state index in [1.165, 1.54) is 11.3 Å². The highest BCUT2D eigenvalue weighted by Crippen LogP contribution is 2.16. The fraction of sp³-hybridized carbons (Fsp3) is 0.556. The molecule has 0 aliphatic carbocycles. The normalized spacial score (nSPS) is 11.5. The van der Waals surface area contributed by atoms with Crippen molar-refractivity contribution in [3.8, 4) is 0 Å². The van der Waals surface area contributed by atoms with Gasteiger partial charge < -0.3 is 20.5 Å². The molecule has 0 spiro atoms. The summed E-state index contributed by atoms with van der Waals surface area (Å²) in [5, 5.41) is 13.5. The van der Waals surface area contributed by atoms with E-state index in [-0.39, 0.29) is 5.91 Å². The molecular weight excluding hydrogens is 364 g/mol. The molecule has 148 valence electrons. The molecular formula is C18H28N6O2S. The van der Waals surface area contributed by atoms with Crippen molar-refractivity contribution in [1.82, 2.24) is 26.1 Å². The van der Waals surface area contributed by atoms with Crippen molar-refractivity contribution in [1.29, 1.82) is 0 Å². The molecule has 1 amide bonds. The van der Waals surface area contributed by atoms with Crippen LogP contribution >= 0.6 is 11.3 Å². The minimum atomic E-state index is -0.0941. The van der Waals surface area contributed by atoms with Gasteiger partial charge >= 0.3 is 0 Å². The topological polar surface area (TPSA) is 104 Å². The summed E-state index contributed by atoms with van der Waals surface area (Å²) in [6, 6.07) is 0. The van der Waals surface area contributed by atoms with Gasteiger partial charge in [0.1, 0.15) is 10.6 Å². The standard InChI is InChI=1S/C18H28N6O2S/c1-5-14-13(15(6-2)26-24-14)10-22-18(19-7-3)21-9-8-20-17(25)16-12(4)23-11-27-16/h11H,5-10H2,1-4H3,(H,20,25)(H2,19,21,22). The van der Waals surface area contributed by atoms with E-state index in [4.69, 9.17) is 4.52 Å². The molecule has 2 aromatic heterocycles. The van der Waals surface area contributed by atoms with E-state index in [0.717, 1.165) is 42.1 Å². The van der Waals surface area contributed by atoms with Crippen LogP contribution in [0.4, 0.5) is 0 Å². The SMILES string of the molecule is CCNC(=NCc1c(CC)noc1CC)NCCNC(=O)c1scnc1C. The van der Waals surface area contributed by atoms with Gasteiger partial charge in [-0.1, -0.05) is 19.0 Å². The van der Waals surface area contributed by atoms with Crippen LogP contribution in [0.3, 0.4) is 0 Å². The van der Waals surface area contributed by atoms with E-state index in [9.17, 15) is 4.79 Å². The van der Waals surface area contributed by atoms with E-state index in [0.29, 0.717) is 30.5 Å². The maximum absolute atomic E-state index is 12.1. The number of hydrogen-bond donors (Lipinski definition) is 3. The number of carbonyl (C=O) groups excluding carboxylic acids is 1. The highest BCUT2D eigenvalue weighted by Gasteiger charge is 2.13. The Bertz CT molecular complexity index is 746. The summed E-state index contributed by atoms with van der Waals surface area (Å²) in [5.41, 5.74) is 4.45. The van der Waals surface area contributed by atoms with E-state index in [2.05, 4.69) is 38.0 Å². The Morgan fingerprint density at radius 3 is 2.59 bits per heavy atom. The lowest BCUT2D eigenvalue weighted by Gasteiger charge is -2.12. The van der Waals surface area contributed by atoms with Crippen LogP contribution in [0, 0.1) is 6.92 Å². The maximum atomic E-state index is 12.1. The van der Waals surface area contributed by atoms with Gasteiger partial charge in [0, 0.05) is 31.6 Å². The molecule has 0 aromatic carbocycles. The average Bonchev–Trinajstić information content (AvgIpc) is 3.28. The molecule has 0 radical (unpaired) electrons. The second kappa shape index (κ2) is 10.7. The van der Waals surface area contributed by atoms with E-state index in [1.54, 1.807) is 5.51 Å². The van der Waals surface area contributed by atoms with Crippen LogP contribution < -0.4 is 16.0 Å². The average molecular weight is 393 g/mol. The Labute approximate surface area is 163 Å². The third-order valence-electron chi connectivity index (χ3n) is 4.00. The van der Waals surface area contributed by atoms with Gasteiger partial charge in [-0.2, -0.15) is 0 Å². The summed E-state index contributed by atoms with van der Waals surface area (Å²) in [5.74, 6) is 1.49. The molecule has 0 atom stereocenters. The highest BCUT2D eigenvalue weighted by atomic mass is 32.1. The molecule has 2 rings (SSSR count). The number of thiazole rings is 1. The Kier molecular flexibility index (Phi) is 8.25. The molecule has 0 aliphatic heterocycles. The van der Waals surface area contributed by atoms with Gasteiger partial charge in [-0.25, -0.2) is 9.98 Å². The van der Waals surface area contributed by atoms with Gasteiger partial charge in [0.25, 0.3) is 5.91 Å². The zero-order valence-electron chi connectivity index (χ0n) is 16.4. The number of nitrogens with one attached hydrogen (secondary N) is 3. The van der Waals surface area contributed by atoms with Crippen molar-refractivity contribution in [2.45, 2.75) is 47.1 Å². The molecule has 8 nitrogen and oxygen atoms in total. The number of aryl methyl sites for hydroxylation is 3. The van der Waals surface area contributed by atoms with Crippen LogP contribution in [0.1, 0.15) is 53.2 Å². The smallest absolute Gasteiger partial charge is 0.263 e. The van der Waals surface area contributed by atoms with Gasteiger partial charge in [-0.3, -0.25) is 4.79 Å². The van der Waals surface area contributed by atoms with Gasteiger partial charge in [0.15, 0.2) is 5.96 Å². The van der Waals surface area contributed by atoms with Crippen LogP contribution in [-0.4, -0.2) is 41.6 Å². The van der Waals surface area contributed by atoms with Crippen molar-refractivity contribution >= 4 is 23.2 Å². The number of aromatic nitrogens is 2. The third-order valence-corrected chi connectivity index (χ3v) is 4.93. The summed E-state index contributed by atoms with van der Waals surface area (Å²) in [7, 11) is 0. The molecule has 2 aromatic rings. The molecule has 27 heavy (non-hydrogen) atoms. The summed E-state index contributed by atoms with van der Waals surface area (Å²) in [4.78, 5) is 21.5. The third kappa shape index (κ3) is 5.78. The van der Waals surface area contributed by atoms with Crippen LogP contribution in [-0.2, 0) is 19.4 Å². The summed E-state index contributed by atoms with van der Waals surface area (Å²) >= 11 is 1.35. The number of hydrogen-bond acceptors (Lipinski definition) is 6. The highest BCUT2D eigenvalue weighted by molar-refractivity contribution is 7.11. The first-order valence-electron chi connectivity index (χ1n) is 9.27. The van der Waals surface area contributed by atoms with E-state index < -0.39 is 0 Å². The quantitative estimate of drug-likeness (QED) is 0.343. The van der Waals surface area contributed by atoms with Gasteiger partial charge in [-0.15, -0.1) is 11.3 Å². The van der Waals surface area contributed by atoms with Crippen molar-refractivity contribution in [2.24, 2.45) is 4.99 Å². The zero-order chi connectivity index (χ0) is 19.6. The molecule has 0 aliphatic rings. The molecule has 0 unspecified atom stereocenters. The zero-order valence-corrected chi connectivity index (χ0v) is 17.2. The van der Waals surface area contributed by atoms with Crippen LogP contribution in [0.5, 0.6) is 0 Å². The van der Waals surface area contributed by atoms with Gasteiger partial charge in [0.2, 0.25) is 0 Å². The summed E-state index contributed by atoms with van der Waals surface area (Å²) < 4.78 is 5.39. The second-order valence-corrected chi connectivity index (χ2v) is 6.74. The summed E-state index contributed by atoms with van der Waals surface area (Å²) in [6.45, 7) is 10.3. The lowest BCUT2D eigenvalue weighted by atomic mass is 10.1. The summed E-state index contributed by atoms with van der Waals surface area (Å²) in [6.07, 6.45) is 1.62. The van der Waals surface area contributed by atoms with Crippen LogP contribution in [0.25, 0.3) is 0 Å². The Morgan fingerprint density at radius 1 is 1.19 bits per heavy atom. The van der Waals surface area contributed by atoms with E-state index in [1.807, 2.05) is 20.8 Å². The lowest BCUT2D eigenvalue weighted by molar-refractivity contribution is 0.0957. The van der Waals surface area contributed by atoms with Crippen molar-refractivity contribution < 1.29 is 9.32 Å². The van der Waals surface area contributed by atoms with Crippen LogP contribution in [0.15, 0.2) is 15.0 Å². The number of amides is 1. The lowest BCUT2D eigenvalue weighted by Crippen LogP contribution is -2.41. The first kappa shape index (κ1) is 20.9. The number of rotatable bonds is 9. The molecule has 9 heteroatoms. The number of carbonyl (C=O) groups is 1. The Hall–Kier alpha value is -2.42. The predicted octanol–water partition coefficient (Wildman–Crippen LogP) is 2.05. The predicted molar refractivity (Wildman–Crippen MR) is 107 cm³/mol. The van der Waals surface area contributed by atoms with Crippen molar-refractivity contribution in [3.63, 3.8) is 0 Å². The number of guanidine groups is 1. The first-order chi connectivity index (χ1) is 13.1. The molecule has 0 saturated carbocycles. The Morgan fingerprint density at radius 2 is 1.96 bits per heavy atom. The van der Waals surface area contributed by atoms with Crippen LogP contribution in [0.2, 0.25) is 0 Å². The molecule has 0 saturated heterocycles. The van der Waals surface area contributed by atoms with Crippen molar-refractivity contribution in [3.05, 3.63) is 33.1 Å². The van der Waals surface area contributed by atoms with Gasteiger partial charge in [-0.05, 0) is 20.3 Å². The molecule has 0 fully saturated rings. The molecule has 0 bridgehead atoms. The first-order valence-corrected chi connectivity index (χ1v) is 10.1. The number of aliphatic imine (C=N–C) groups is 1. The minimum Gasteiger partial charge on any atom is -0.361 e. The fourth-order valence-electron chi connectivity index (χ4n) is 2.57. The second-order valence-electron chi connectivity index (χ2n) is 5.88. The minimum absolute atomic E-state index is 0.0941. The molecule has 2 heterocycles. The monoisotopic (exact) mass is 392 g/mol. The largest absolute Gasteiger partial charge is 0.361 e. The van der Waals surface area contributed by atoms with Crippen molar-refractivity contribution in [2.75, 3.05) is 19.6 Å². The van der Waals surface area contributed by atoms with E-state index >= 15 is 0 Å². The fourth-order valence-corrected chi connectivity index (χ4v) is 3.29. The molecule has 3 N–H and O–H groups in total. The number of nitrogens with zero attached hydrogens (tertiary/aromatic N) is 3. The maximum Gasteiger partial charge on any atom is 0.263 e.